The second kappa shape index (κ2) is 5.42. The Kier molecular flexibility index (Phi) is 3.48. The molecule has 2 rings (SSSR count). The predicted octanol–water partition coefficient (Wildman–Crippen LogP) is 1.83. The Morgan fingerprint density at radius 2 is 1.78 bits per heavy atom. The van der Waals surface area contributed by atoms with Gasteiger partial charge in [-0.1, -0.05) is 0 Å². The predicted molar refractivity (Wildman–Crippen MR) is 65.2 cm³/mol. The summed E-state index contributed by atoms with van der Waals surface area (Å²) in [5, 5.41) is 20.8. The second-order valence-corrected chi connectivity index (χ2v) is 3.50. The largest absolute Gasteiger partial charge is 0.378 e. The van der Waals surface area contributed by atoms with Crippen LogP contribution in [0.15, 0.2) is 36.7 Å². The Balaban J connectivity index is 2.12. The van der Waals surface area contributed by atoms with E-state index in [1.807, 2.05) is 12.1 Å². The zero-order valence-electron chi connectivity index (χ0n) is 9.46. The summed E-state index contributed by atoms with van der Waals surface area (Å²) in [6.07, 6.45) is 3.34. The van der Waals surface area contributed by atoms with Gasteiger partial charge in [-0.15, -0.1) is 0 Å². The fourth-order valence-electron chi connectivity index (χ4n) is 1.45. The number of nitriles is 2. The van der Waals surface area contributed by atoms with Crippen molar-refractivity contribution in [2.75, 3.05) is 5.32 Å². The first-order valence-electron chi connectivity index (χ1n) is 5.27. The number of hydrogen-bond acceptors (Lipinski definition) is 5. The quantitative estimate of drug-likeness (QED) is 0.877. The fourth-order valence-corrected chi connectivity index (χ4v) is 1.45. The monoisotopic (exact) mass is 235 g/mol. The maximum absolute atomic E-state index is 8.91. The molecular weight excluding hydrogens is 226 g/mol. The number of rotatable bonds is 3. The molecule has 0 radical (unpaired) electrons. The lowest BCUT2D eigenvalue weighted by atomic mass is 10.1. The first-order chi connectivity index (χ1) is 8.83. The van der Waals surface area contributed by atoms with Gasteiger partial charge in [-0.25, -0.2) is 9.97 Å². The van der Waals surface area contributed by atoms with E-state index in [1.54, 1.807) is 36.7 Å². The number of aromatic nitrogens is 2. The van der Waals surface area contributed by atoms with Crippen LogP contribution in [0.5, 0.6) is 0 Å². The lowest BCUT2D eigenvalue weighted by molar-refractivity contribution is 0.948. The Morgan fingerprint density at radius 1 is 1.06 bits per heavy atom. The van der Waals surface area contributed by atoms with E-state index in [0.717, 1.165) is 5.69 Å². The minimum atomic E-state index is 0.358. The highest BCUT2D eigenvalue weighted by Crippen LogP contribution is 2.14. The zero-order chi connectivity index (χ0) is 12.8. The zero-order valence-corrected chi connectivity index (χ0v) is 9.46. The molecule has 1 heterocycles. The molecule has 0 spiro atoms. The van der Waals surface area contributed by atoms with E-state index in [0.29, 0.717) is 23.5 Å². The van der Waals surface area contributed by atoms with Crippen LogP contribution in [0.25, 0.3) is 0 Å². The SMILES string of the molecule is N#Cc1ccc(NCc2ncccn2)cc1C#N. The molecule has 0 amide bonds. The molecule has 0 aliphatic heterocycles. The third kappa shape index (κ3) is 2.60. The number of benzene rings is 1. The van der Waals surface area contributed by atoms with E-state index in [4.69, 9.17) is 10.5 Å². The topological polar surface area (TPSA) is 85.4 Å². The molecule has 0 saturated heterocycles. The molecular formula is C13H9N5. The summed E-state index contributed by atoms with van der Waals surface area (Å²) in [7, 11) is 0. The Labute approximate surface area is 104 Å². The smallest absolute Gasteiger partial charge is 0.147 e. The minimum absolute atomic E-state index is 0.358. The van der Waals surface area contributed by atoms with Gasteiger partial charge in [-0.3, -0.25) is 0 Å². The molecule has 1 aromatic carbocycles. The lowest BCUT2D eigenvalue weighted by Crippen LogP contribution is -2.03. The third-order valence-corrected chi connectivity index (χ3v) is 2.33. The van der Waals surface area contributed by atoms with E-state index in [1.165, 1.54) is 0 Å². The van der Waals surface area contributed by atoms with Crippen molar-refractivity contribution in [3.05, 3.63) is 53.6 Å². The molecule has 0 unspecified atom stereocenters. The van der Waals surface area contributed by atoms with E-state index < -0.39 is 0 Å². The Hall–Kier alpha value is -2.92. The average molecular weight is 235 g/mol. The van der Waals surface area contributed by atoms with Crippen molar-refractivity contribution in [3.8, 4) is 12.1 Å². The number of hydrogen-bond donors (Lipinski definition) is 1. The molecule has 86 valence electrons. The normalized spacial score (nSPS) is 9.22. The summed E-state index contributed by atoms with van der Waals surface area (Å²) in [6.45, 7) is 0.470. The third-order valence-electron chi connectivity index (χ3n) is 2.33. The van der Waals surface area contributed by atoms with Crippen LogP contribution < -0.4 is 5.32 Å². The molecule has 0 saturated carbocycles. The van der Waals surface area contributed by atoms with Gasteiger partial charge in [0.1, 0.15) is 18.0 Å². The van der Waals surface area contributed by atoms with E-state index in [2.05, 4.69) is 15.3 Å². The molecule has 1 N–H and O–H groups in total. The van der Waals surface area contributed by atoms with E-state index >= 15 is 0 Å². The second-order valence-electron chi connectivity index (χ2n) is 3.50. The number of anilines is 1. The first-order valence-corrected chi connectivity index (χ1v) is 5.27. The van der Waals surface area contributed by atoms with Crippen LogP contribution in [-0.2, 0) is 6.54 Å². The maximum Gasteiger partial charge on any atom is 0.147 e. The van der Waals surface area contributed by atoms with Crippen molar-refractivity contribution in [1.82, 2.24) is 9.97 Å². The number of nitrogens with one attached hydrogen (secondary N) is 1. The summed E-state index contributed by atoms with van der Waals surface area (Å²) in [6, 6.07) is 10.7. The summed E-state index contributed by atoms with van der Waals surface area (Å²) < 4.78 is 0. The standard InChI is InChI=1S/C13H9N5/c14-7-10-2-3-12(6-11(10)8-15)18-9-13-16-4-1-5-17-13/h1-6,18H,9H2. The van der Waals surface area contributed by atoms with Crippen molar-refractivity contribution in [1.29, 1.82) is 10.5 Å². The van der Waals surface area contributed by atoms with Gasteiger partial charge in [0.2, 0.25) is 0 Å². The van der Waals surface area contributed by atoms with Crippen molar-refractivity contribution >= 4 is 5.69 Å². The van der Waals surface area contributed by atoms with Gasteiger partial charge in [-0.2, -0.15) is 10.5 Å². The molecule has 0 bridgehead atoms. The molecule has 5 nitrogen and oxygen atoms in total. The summed E-state index contributed by atoms with van der Waals surface area (Å²) in [5.74, 6) is 0.667. The Bertz CT molecular complexity index is 622. The van der Waals surface area contributed by atoms with Gasteiger partial charge in [0.25, 0.3) is 0 Å². The first kappa shape index (κ1) is 11.6. The van der Waals surface area contributed by atoms with Crippen LogP contribution in [0.2, 0.25) is 0 Å². The van der Waals surface area contributed by atoms with Crippen molar-refractivity contribution in [2.45, 2.75) is 6.54 Å². The van der Waals surface area contributed by atoms with Gasteiger partial charge >= 0.3 is 0 Å². The fraction of sp³-hybridized carbons (Fsp3) is 0.0769. The summed E-state index contributed by atoms with van der Waals surface area (Å²) in [5.41, 5.74) is 1.49. The molecule has 0 aliphatic carbocycles. The summed E-state index contributed by atoms with van der Waals surface area (Å²) >= 11 is 0. The molecule has 2 aromatic rings. The van der Waals surface area contributed by atoms with Crippen LogP contribution >= 0.6 is 0 Å². The van der Waals surface area contributed by atoms with E-state index in [-0.39, 0.29) is 0 Å². The maximum atomic E-state index is 8.91. The van der Waals surface area contributed by atoms with Crippen LogP contribution in [0.3, 0.4) is 0 Å². The van der Waals surface area contributed by atoms with Gasteiger partial charge in [-0.05, 0) is 24.3 Å². The molecule has 1 aromatic heterocycles. The molecule has 0 aliphatic rings. The molecule has 18 heavy (non-hydrogen) atoms. The van der Waals surface area contributed by atoms with E-state index in [9.17, 15) is 0 Å². The van der Waals surface area contributed by atoms with Gasteiger partial charge in [0.05, 0.1) is 17.7 Å². The van der Waals surface area contributed by atoms with Crippen LogP contribution in [-0.4, -0.2) is 9.97 Å². The highest BCUT2D eigenvalue weighted by molar-refractivity contribution is 5.56. The van der Waals surface area contributed by atoms with Gasteiger partial charge in [0.15, 0.2) is 0 Å². The lowest BCUT2D eigenvalue weighted by Gasteiger charge is -2.05. The number of nitrogens with zero attached hydrogens (tertiary/aromatic N) is 4. The minimum Gasteiger partial charge on any atom is -0.378 e. The molecule has 5 heteroatoms. The Morgan fingerprint density at radius 3 is 2.44 bits per heavy atom. The average Bonchev–Trinajstić information content (AvgIpc) is 2.45. The highest BCUT2D eigenvalue weighted by Gasteiger charge is 2.03. The molecule has 0 atom stereocenters. The van der Waals surface area contributed by atoms with Crippen LogP contribution in [0.4, 0.5) is 5.69 Å². The van der Waals surface area contributed by atoms with Crippen LogP contribution in [0.1, 0.15) is 17.0 Å². The highest BCUT2D eigenvalue weighted by atomic mass is 15.0. The molecule has 0 fully saturated rings. The summed E-state index contributed by atoms with van der Waals surface area (Å²) in [4.78, 5) is 8.16. The van der Waals surface area contributed by atoms with Gasteiger partial charge in [0, 0.05) is 18.1 Å². The van der Waals surface area contributed by atoms with Gasteiger partial charge < -0.3 is 5.32 Å². The van der Waals surface area contributed by atoms with Crippen molar-refractivity contribution in [2.24, 2.45) is 0 Å². The van der Waals surface area contributed by atoms with Crippen LogP contribution in [0, 0.1) is 22.7 Å². The van der Waals surface area contributed by atoms with Crippen molar-refractivity contribution in [3.63, 3.8) is 0 Å². The van der Waals surface area contributed by atoms with Crippen molar-refractivity contribution < 1.29 is 0 Å².